The highest BCUT2D eigenvalue weighted by atomic mass is 32.2. The summed E-state index contributed by atoms with van der Waals surface area (Å²) in [6.45, 7) is 3.86. The van der Waals surface area contributed by atoms with Crippen LogP contribution in [-0.2, 0) is 34.6 Å². The fourth-order valence-corrected chi connectivity index (χ4v) is 3.89. The molecule has 0 heterocycles. The molecule has 31 heavy (non-hydrogen) atoms. The zero-order chi connectivity index (χ0) is 23.1. The molecule has 2 aromatic carbocycles. The Kier molecular flexibility index (Phi) is 9.09. The minimum absolute atomic E-state index is 0.134. The van der Waals surface area contributed by atoms with Crippen LogP contribution in [-0.4, -0.2) is 48.0 Å². The molecule has 0 N–H and O–H groups in total. The van der Waals surface area contributed by atoms with Crippen LogP contribution in [0.4, 0.5) is 0 Å². The summed E-state index contributed by atoms with van der Waals surface area (Å²) in [5.41, 5.74) is 4.36. The largest absolute Gasteiger partial charge is 0.481 e. The highest BCUT2D eigenvalue weighted by molar-refractivity contribution is 7.90. The van der Waals surface area contributed by atoms with E-state index in [1.165, 1.54) is 19.8 Å². The van der Waals surface area contributed by atoms with Crippen LogP contribution < -0.4 is 9.47 Å². The van der Waals surface area contributed by atoms with Gasteiger partial charge in [-0.1, -0.05) is 12.1 Å². The lowest BCUT2D eigenvalue weighted by Crippen LogP contribution is -2.11. The van der Waals surface area contributed by atoms with Crippen molar-refractivity contribution in [2.24, 2.45) is 0 Å². The van der Waals surface area contributed by atoms with E-state index in [0.717, 1.165) is 29.4 Å². The number of sulfone groups is 1. The van der Waals surface area contributed by atoms with Crippen molar-refractivity contribution in [2.75, 3.05) is 39.6 Å². The van der Waals surface area contributed by atoms with Crippen molar-refractivity contribution < 1.29 is 36.2 Å². The zero-order valence-electron chi connectivity index (χ0n) is 18.4. The average molecular weight is 472 g/mol. The van der Waals surface area contributed by atoms with E-state index in [2.05, 4.69) is 0 Å². The summed E-state index contributed by atoms with van der Waals surface area (Å²) < 4.78 is 60.0. The standard InChI is InChI=1S/C21H29O8PS/c1-16-10-20(29-14-30(22,25-3)26-4)11-17(2)21(16)12-18-6-8-19(9-7-18)28-13-27-15-31(5,23)24/h6-11H,12-15H2,1-5H3. The molecule has 0 saturated carbocycles. The molecule has 0 aliphatic heterocycles. The Bertz CT molecular complexity index is 987. The van der Waals surface area contributed by atoms with Crippen molar-refractivity contribution in [3.63, 3.8) is 0 Å². The van der Waals surface area contributed by atoms with Crippen LogP contribution in [0.2, 0.25) is 0 Å². The van der Waals surface area contributed by atoms with Crippen molar-refractivity contribution in [3.8, 4) is 11.5 Å². The fourth-order valence-electron chi connectivity index (χ4n) is 2.85. The van der Waals surface area contributed by atoms with Gasteiger partial charge in [-0.05, 0) is 66.8 Å². The molecule has 0 bridgehead atoms. The predicted molar refractivity (Wildman–Crippen MR) is 119 cm³/mol. The van der Waals surface area contributed by atoms with E-state index >= 15 is 0 Å². The Morgan fingerprint density at radius 1 is 0.903 bits per heavy atom. The van der Waals surface area contributed by atoms with Gasteiger partial charge in [0.2, 0.25) is 0 Å². The maximum atomic E-state index is 12.1. The number of benzene rings is 2. The third kappa shape index (κ3) is 8.27. The molecule has 0 aromatic heterocycles. The molecule has 172 valence electrons. The monoisotopic (exact) mass is 472 g/mol. The average Bonchev–Trinajstić information content (AvgIpc) is 2.72. The molecule has 10 heteroatoms. The molecule has 0 aliphatic carbocycles. The fraction of sp³-hybridized carbons (Fsp3) is 0.429. The molecule has 0 aliphatic rings. The van der Waals surface area contributed by atoms with Gasteiger partial charge in [0.05, 0.1) is 0 Å². The maximum Gasteiger partial charge on any atom is 0.367 e. The summed E-state index contributed by atoms with van der Waals surface area (Å²) in [7, 11) is -3.77. The van der Waals surface area contributed by atoms with Crippen molar-refractivity contribution in [1.29, 1.82) is 0 Å². The van der Waals surface area contributed by atoms with E-state index in [9.17, 15) is 13.0 Å². The first-order valence-electron chi connectivity index (χ1n) is 9.46. The summed E-state index contributed by atoms with van der Waals surface area (Å²) in [6.07, 6.45) is 1.66. The van der Waals surface area contributed by atoms with Gasteiger partial charge in [0, 0.05) is 20.5 Å². The van der Waals surface area contributed by atoms with Gasteiger partial charge in [-0.25, -0.2) is 8.42 Å². The minimum Gasteiger partial charge on any atom is -0.481 e. The molecule has 0 saturated heterocycles. The van der Waals surface area contributed by atoms with Gasteiger partial charge < -0.3 is 23.3 Å². The molecule has 0 amide bonds. The van der Waals surface area contributed by atoms with Gasteiger partial charge in [-0.15, -0.1) is 0 Å². The molecule has 2 aromatic rings. The molecule has 0 spiro atoms. The SMILES string of the molecule is COP(=O)(COc1cc(C)c(Cc2ccc(OCOCS(C)(=O)=O)cc2)c(C)c1)OC. The summed E-state index contributed by atoms with van der Waals surface area (Å²) in [5, 5.41) is 0. The van der Waals surface area contributed by atoms with Crippen LogP contribution in [0.25, 0.3) is 0 Å². The number of hydrogen-bond donors (Lipinski definition) is 0. The van der Waals surface area contributed by atoms with Crippen LogP contribution in [0.5, 0.6) is 11.5 Å². The third-order valence-electron chi connectivity index (χ3n) is 4.53. The molecule has 0 fully saturated rings. The molecule has 8 nitrogen and oxygen atoms in total. The Morgan fingerprint density at radius 3 is 2.00 bits per heavy atom. The van der Waals surface area contributed by atoms with E-state index in [0.29, 0.717) is 11.5 Å². The zero-order valence-corrected chi connectivity index (χ0v) is 20.1. The Morgan fingerprint density at radius 2 is 1.48 bits per heavy atom. The first-order valence-corrected chi connectivity index (χ1v) is 13.2. The van der Waals surface area contributed by atoms with Gasteiger partial charge in [-0.3, -0.25) is 4.57 Å². The predicted octanol–water partition coefficient (Wildman–Crippen LogP) is 4.07. The van der Waals surface area contributed by atoms with Gasteiger partial charge in [0.1, 0.15) is 11.5 Å². The second-order valence-electron chi connectivity index (χ2n) is 7.12. The molecular weight excluding hydrogens is 443 g/mol. The van der Waals surface area contributed by atoms with Gasteiger partial charge in [-0.2, -0.15) is 0 Å². The summed E-state index contributed by atoms with van der Waals surface area (Å²) in [4.78, 5) is 0. The van der Waals surface area contributed by atoms with Crippen LogP contribution in [0.15, 0.2) is 36.4 Å². The molecule has 2 rings (SSSR count). The molecule has 0 unspecified atom stereocenters. The summed E-state index contributed by atoms with van der Waals surface area (Å²) >= 11 is 0. The molecule has 0 radical (unpaired) electrons. The Labute approximate surface area is 183 Å². The van der Waals surface area contributed by atoms with Crippen molar-refractivity contribution in [2.45, 2.75) is 20.3 Å². The highest BCUT2D eigenvalue weighted by Gasteiger charge is 2.22. The first-order chi connectivity index (χ1) is 14.5. The lowest BCUT2D eigenvalue weighted by atomic mass is 9.96. The summed E-state index contributed by atoms with van der Waals surface area (Å²) in [5.74, 6) is 0.818. The molecule has 0 atom stereocenters. The van der Waals surface area contributed by atoms with E-state index < -0.39 is 17.4 Å². The second-order valence-corrected chi connectivity index (χ2v) is 11.4. The Balaban J connectivity index is 1.98. The van der Waals surface area contributed by atoms with Gasteiger partial charge >= 0.3 is 7.60 Å². The Hall–Kier alpha value is -1.90. The number of hydrogen-bond acceptors (Lipinski definition) is 8. The lowest BCUT2D eigenvalue weighted by Gasteiger charge is -2.17. The number of rotatable bonds is 12. The van der Waals surface area contributed by atoms with Crippen LogP contribution in [0, 0.1) is 13.8 Å². The lowest BCUT2D eigenvalue weighted by molar-refractivity contribution is 0.0395. The maximum absolute atomic E-state index is 12.1. The van der Waals surface area contributed by atoms with Gasteiger partial charge in [0.25, 0.3) is 0 Å². The quantitative estimate of drug-likeness (QED) is 0.259. The first kappa shape index (κ1) is 25.4. The van der Waals surface area contributed by atoms with Gasteiger partial charge in [0.15, 0.2) is 28.9 Å². The van der Waals surface area contributed by atoms with Crippen LogP contribution in [0.1, 0.15) is 22.3 Å². The van der Waals surface area contributed by atoms with E-state index in [1.54, 1.807) is 0 Å². The van der Waals surface area contributed by atoms with E-state index in [1.807, 2.05) is 50.2 Å². The van der Waals surface area contributed by atoms with Crippen LogP contribution in [0.3, 0.4) is 0 Å². The van der Waals surface area contributed by atoms with E-state index in [-0.39, 0.29) is 19.1 Å². The van der Waals surface area contributed by atoms with Crippen LogP contribution >= 0.6 is 7.60 Å². The number of aryl methyl sites for hydroxylation is 2. The minimum atomic E-state index is -3.24. The highest BCUT2D eigenvalue weighted by Crippen LogP contribution is 2.46. The molecular formula is C21H29O8PS. The van der Waals surface area contributed by atoms with Crippen molar-refractivity contribution in [3.05, 3.63) is 58.7 Å². The third-order valence-corrected chi connectivity index (χ3v) is 6.68. The van der Waals surface area contributed by atoms with Crippen molar-refractivity contribution in [1.82, 2.24) is 0 Å². The summed E-state index contributed by atoms with van der Waals surface area (Å²) in [6, 6.07) is 11.3. The normalized spacial score (nSPS) is 12.0. The topological polar surface area (TPSA) is 97.4 Å². The second kappa shape index (κ2) is 11.1. The smallest absolute Gasteiger partial charge is 0.367 e. The number of ether oxygens (including phenoxy) is 3. The van der Waals surface area contributed by atoms with Crippen molar-refractivity contribution >= 4 is 17.4 Å². The van der Waals surface area contributed by atoms with E-state index in [4.69, 9.17) is 23.3 Å².